The highest BCUT2D eigenvalue weighted by atomic mass is 35.5. The van der Waals surface area contributed by atoms with E-state index in [2.05, 4.69) is 15.3 Å². The van der Waals surface area contributed by atoms with Gasteiger partial charge in [-0.05, 0) is 48.9 Å². The van der Waals surface area contributed by atoms with Crippen molar-refractivity contribution in [2.45, 2.75) is 6.92 Å². The minimum absolute atomic E-state index is 0.218. The van der Waals surface area contributed by atoms with Crippen LogP contribution in [0.5, 0.6) is 5.75 Å². The summed E-state index contributed by atoms with van der Waals surface area (Å²) < 4.78 is 0. The summed E-state index contributed by atoms with van der Waals surface area (Å²) in [7, 11) is 0. The summed E-state index contributed by atoms with van der Waals surface area (Å²) >= 11 is 7.51. The van der Waals surface area contributed by atoms with Gasteiger partial charge in [-0.1, -0.05) is 0 Å². The fourth-order valence-electron chi connectivity index (χ4n) is 1.79. The molecule has 0 spiro atoms. The van der Waals surface area contributed by atoms with Gasteiger partial charge in [-0.15, -0.1) is 11.3 Å². The minimum atomic E-state index is 0.218. The molecule has 0 radical (unpaired) electrons. The smallest absolute Gasteiger partial charge is 0.225 e. The van der Waals surface area contributed by atoms with Crippen LogP contribution in [0.4, 0.5) is 11.5 Å². The SMILES string of the molecule is Cc1cc2c(Nc3ccc(O)cc3)nc(Cl)nc2s1. The van der Waals surface area contributed by atoms with Crippen molar-refractivity contribution in [3.8, 4) is 5.75 Å². The van der Waals surface area contributed by atoms with Crippen LogP contribution in [-0.2, 0) is 0 Å². The number of nitrogens with zero attached hydrogens (tertiary/aromatic N) is 2. The lowest BCUT2D eigenvalue weighted by Crippen LogP contribution is -1.95. The number of aryl methyl sites for hydroxylation is 1. The van der Waals surface area contributed by atoms with Gasteiger partial charge >= 0.3 is 0 Å². The van der Waals surface area contributed by atoms with E-state index < -0.39 is 0 Å². The lowest BCUT2D eigenvalue weighted by Gasteiger charge is -2.07. The van der Waals surface area contributed by atoms with E-state index in [1.165, 1.54) is 0 Å². The number of hydrogen-bond donors (Lipinski definition) is 2. The molecule has 2 heterocycles. The molecule has 0 saturated heterocycles. The first-order chi connectivity index (χ1) is 9.11. The minimum Gasteiger partial charge on any atom is -0.508 e. The fourth-order valence-corrected chi connectivity index (χ4v) is 2.89. The Balaban J connectivity index is 2.06. The number of halogens is 1. The summed E-state index contributed by atoms with van der Waals surface area (Å²) in [5.41, 5.74) is 0.831. The highest BCUT2D eigenvalue weighted by Crippen LogP contribution is 2.31. The van der Waals surface area contributed by atoms with Gasteiger partial charge in [-0.25, -0.2) is 4.98 Å². The van der Waals surface area contributed by atoms with Crippen LogP contribution in [0.25, 0.3) is 10.2 Å². The van der Waals surface area contributed by atoms with Crippen LogP contribution < -0.4 is 5.32 Å². The van der Waals surface area contributed by atoms with Crippen molar-refractivity contribution in [2.24, 2.45) is 0 Å². The number of benzene rings is 1. The molecule has 96 valence electrons. The van der Waals surface area contributed by atoms with Crippen LogP contribution in [0.2, 0.25) is 5.28 Å². The Kier molecular flexibility index (Phi) is 3.00. The molecule has 19 heavy (non-hydrogen) atoms. The van der Waals surface area contributed by atoms with Gasteiger partial charge < -0.3 is 10.4 Å². The molecule has 0 saturated carbocycles. The Morgan fingerprint density at radius 3 is 2.68 bits per heavy atom. The highest BCUT2D eigenvalue weighted by Gasteiger charge is 2.09. The molecule has 0 unspecified atom stereocenters. The third kappa shape index (κ3) is 2.47. The van der Waals surface area contributed by atoms with Gasteiger partial charge in [0.15, 0.2) is 0 Å². The van der Waals surface area contributed by atoms with E-state index in [4.69, 9.17) is 11.6 Å². The molecule has 6 heteroatoms. The van der Waals surface area contributed by atoms with Crippen molar-refractivity contribution < 1.29 is 5.11 Å². The third-order valence-corrected chi connectivity index (χ3v) is 3.73. The lowest BCUT2D eigenvalue weighted by molar-refractivity contribution is 0.475. The van der Waals surface area contributed by atoms with Crippen LogP contribution in [0.1, 0.15) is 4.88 Å². The molecule has 0 aliphatic heterocycles. The van der Waals surface area contributed by atoms with Crippen molar-refractivity contribution in [3.63, 3.8) is 0 Å². The summed E-state index contributed by atoms with van der Waals surface area (Å²) in [5.74, 6) is 0.896. The number of phenolic OH excluding ortho intramolecular Hbond substituents is 1. The van der Waals surface area contributed by atoms with Crippen LogP contribution in [0.3, 0.4) is 0 Å². The van der Waals surface area contributed by atoms with Gasteiger partial charge in [0, 0.05) is 10.6 Å². The quantitative estimate of drug-likeness (QED) is 0.551. The van der Waals surface area contributed by atoms with Gasteiger partial charge in [0.1, 0.15) is 16.4 Å². The Morgan fingerprint density at radius 1 is 1.21 bits per heavy atom. The second-order valence-corrected chi connectivity index (χ2v) is 5.66. The largest absolute Gasteiger partial charge is 0.508 e. The topological polar surface area (TPSA) is 58.0 Å². The second kappa shape index (κ2) is 4.68. The average Bonchev–Trinajstić information content (AvgIpc) is 2.72. The zero-order chi connectivity index (χ0) is 13.4. The summed E-state index contributed by atoms with van der Waals surface area (Å²) in [6.45, 7) is 2.02. The second-order valence-electron chi connectivity index (χ2n) is 4.09. The number of fused-ring (bicyclic) bond motifs is 1. The summed E-state index contributed by atoms with van der Waals surface area (Å²) in [5, 5.41) is 13.6. The number of hydrogen-bond acceptors (Lipinski definition) is 5. The highest BCUT2D eigenvalue weighted by molar-refractivity contribution is 7.18. The maximum absolute atomic E-state index is 9.27. The maximum atomic E-state index is 9.27. The van der Waals surface area contributed by atoms with E-state index in [1.807, 2.05) is 13.0 Å². The molecule has 0 fully saturated rings. The number of thiophene rings is 1. The van der Waals surface area contributed by atoms with Crippen molar-refractivity contribution in [1.29, 1.82) is 0 Å². The molecule has 1 aromatic carbocycles. The maximum Gasteiger partial charge on any atom is 0.225 e. The molecule has 0 bridgehead atoms. The molecule has 3 rings (SSSR count). The Bertz CT molecular complexity index is 739. The van der Waals surface area contributed by atoms with E-state index in [0.29, 0.717) is 5.82 Å². The molecular weight excluding hydrogens is 282 g/mol. The number of phenols is 1. The van der Waals surface area contributed by atoms with Gasteiger partial charge in [0.2, 0.25) is 5.28 Å². The van der Waals surface area contributed by atoms with Crippen molar-refractivity contribution >= 4 is 44.7 Å². The number of nitrogens with one attached hydrogen (secondary N) is 1. The first-order valence-electron chi connectivity index (χ1n) is 5.61. The first kappa shape index (κ1) is 12.2. The van der Waals surface area contributed by atoms with E-state index in [-0.39, 0.29) is 11.0 Å². The number of aromatic nitrogens is 2. The van der Waals surface area contributed by atoms with Crippen molar-refractivity contribution in [1.82, 2.24) is 9.97 Å². The number of aromatic hydroxyl groups is 1. The van der Waals surface area contributed by atoms with Crippen LogP contribution in [0.15, 0.2) is 30.3 Å². The predicted molar refractivity (Wildman–Crippen MR) is 78.6 cm³/mol. The molecule has 0 aliphatic rings. The Morgan fingerprint density at radius 2 is 1.95 bits per heavy atom. The van der Waals surface area contributed by atoms with Gasteiger partial charge in [0.25, 0.3) is 0 Å². The van der Waals surface area contributed by atoms with Crippen molar-refractivity contribution in [3.05, 3.63) is 40.5 Å². The molecule has 2 aromatic heterocycles. The first-order valence-corrected chi connectivity index (χ1v) is 6.81. The summed E-state index contributed by atoms with van der Waals surface area (Å²) in [4.78, 5) is 10.4. The standard InChI is InChI=1S/C13H10ClN3OS/c1-7-6-10-11(16-13(14)17-12(10)19-7)15-8-2-4-9(18)5-3-8/h2-6,18H,1H3,(H,15,16,17). The summed E-state index contributed by atoms with van der Waals surface area (Å²) in [6, 6.07) is 8.80. The van der Waals surface area contributed by atoms with Crippen molar-refractivity contribution in [2.75, 3.05) is 5.32 Å². The van der Waals surface area contributed by atoms with E-state index >= 15 is 0 Å². The van der Waals surface area contributed by atoms with Gasteiger partial charge in [-0.3, -0.25) is 0 Å². The summed E-state index contributed by atoms with van der Waals surface area (Å²) in [6.07, 6.45) is 0. The fraction of sp³-hybridized carbons (Fsp3) is 0.0769. The van der Waals surface area contributed by atoms with E-state index in [0.717, 1.165) is 20.8 Å². The van der Waals surface area contributed by atoms with Gasteiger partial charge in [-0.2, -0.15) is 4.98 Å². The van der Waals surface area contributed by atoms with E-state index in [1.54, 1.807) is 35.6 Å². The Labute approximate surface area is 118 Å². The molecule has 0 amide bonds. The zero-order valence-corrected chi connectivity index (χ0v) is 11.6. The molecule has 0 atom stereocenters. The van der Waals surface area contributed by atoms with Crippen LogP contribution in [-0.4, -0.2) is 15.1 Å². The Hall–Kier alpha value is -1.85. The average molecular weight is 292 g/mol. The number of anilines is 2. The molecule has 4 nitrogen and oxygen atoms in total. The monoisotopic (exact) mass is 291 g/mol. The van der Waals surface area contributed by atoms with Gasteiger partial charge in [0.05, 0.1) is 5.39 Å². The zero-order valence-electron chi connectivity index (χ0n) is 10.0. The molecular formula is C13H10ClN3OS. The number of rotatable bonds is 2. The normalized spacial score (nSPS) is 10.8. The van der Waals surface area contributed by atoms with E-state index in [9.17, 15) is 5.11 Å². The molecule has 3 aromatic rings. The predicted octanol–water partition coefficient (Wildman–Crippen LogP) is 4.10. The molecule has 2 N–H and O–H groups in total. The third-order valence-electron chi connectivity index (χ3n) is 2.62. The molecule has 0 aliphatic carbocycles. The lowest BCUT2D eigenvalue weighted by atomic mass is 10.3. The van der Waals surface area contributed by atoms with Crippen LogP contribution in [0, 0.1) is 6.92 Å². The van der Waals surface area contributed by atoms with Crippen LogP contribution >= 0.6 is 22.9 Å².